The zero-order chi connectivity index (χ0) is 18.5. The summed E-state index contributed by atoms with van der Waals surface area (Å²) in [6, 6.07) is 1.72. The Hall–Kier alpha value is -3.49. The second kappa shape index (κ2) is 7.81. The van der Waals surface area contributed by atoms with Crippen LogP contribution in [0.5, 0.6) is 0 Å². The van der Waals surface area contributed by atoms with Crippen molar-refractivity contribution in [2.45, 2.75) is 25.3 Å². The molecular formula is C18H18N8O. The van der Waals surface area contributed by atoms with E-state index >= 15 is 0 Å². The van der Waals surface area contributed by atoms with Gasteiger partial charge in [0.1, 0.15) is 5.69 Å². The van der Waals surface area contributed by atoms with E-state index in [1.54, 1.807) is 31.0 Å². The summed E-state index contributed by atoms with van der Waals surface area (Å²) in [5.74, 6) is 0.853. The molecule has 1 amide bonds. The summed E-state index contributed by atoms with van der Waals surface area (Å²) in [7, 11) is 0. The molecule has 9 nitrogen and oxygen atoms in total. The van der Waals surface area contributed by atoms with Crippen molar-refractivity contribution in [3.63, 3.8) is 0 Å². The van der Waals surface area contributed by atoms with Gasteiger partial charge in [0.05, 0.1) is 24.1 Å². The van der Waals surface area contributed by atoms with Crippen LogP contribution in [-0.2, 0) is 0 Å². The van der Waals surface area contributed by atoms with E-state index in [1.165, 1.54) is 12.4 Å². The standard InChI is InChI=1S/C18H18N8O/c27-17(14-11-19-6-8-21-14)26-10-2-1-3-15(26)13-4-5-23-18(24-13)25-16-12-20-7-9-22-16/h4-9,11-12,15H,1-3,10H2,(H,22,23,24,25)/t15-/m1/s1. The summed E-state index contributed by atoms with van der Waals surface area (Å²) < 4.78 is 0. The quantitative estimate of drug-likeness (QED) is 0.752. The van der Waals surface area contributed by atoms with E-state index < -0.39 is 0 Å². The maximum Gasteiger partial charge on any atom is 0.274 e. The molecule has 0 aliphatic carbocycles. The Morgan fingerprint density at radius 1 is 1.00 bits per heavy atom. The fourth-order valence-electron chi connectivity index (χ4n) is 3.14. The summed E-state index contributed by atoms with van der Waals surface area (Å²) >= 11 is 0. The molecule has 0 unspecified atom stereocenters. The maximum absolute atomic E-state index is 12.9. The van der Waals surface area contributed by atoms with Gasteiger partial charge in [0.15, 0.2) is 5.82 Å². The molecule has 4 heterocycles. The van der Waals surface area contributed by atoms with Crippen LogP contribution in [-0.4, -0.2) is 47.3 Å². The lowest BCUT2D eigenvalue weighted by Gasteiger charge is -2.35. The second-order valence-corrected chi connectivity index (χ2v) is 6.12. The molecule has 1 N–H and O–H groups in total. The molecule has 0 radical (unpaired) electrons. The minimum Gasteiger partial charge on any atom is -0.329 e. The van der Waals surface area contributed by atoms with Gasteiger partial charge in [0.25, 0.3) is 5.91 Å². The van der Waals surface area contributed by atoms with Gasteiger partial charge in [-0.3, -0.25) is 14.8 Å². The number of carbonyl (C=O) groups is 1. The smallest absolute Gasteiger partial charge is 0.274 e. The van der Waals surface area contributed by atoms with Crippen LogP contribution < -0.4 is 5.32 Å². The Morgan fingerprint density at radius 2 is 1.85 bits per heavy atom. The molecule has 0 spiro atoms. The van der Waals surface area contributed by atoms with Crippen molar-refractivity contribution in [1.82, 2.24) is 34.8 Å². The molecule has 136 valence electrons. The molecular weight excluding hydrogens is 344 g/mol. The van der Waals surface area contributed by atoms with Crippen LogP contribution in [0.3, 0.4) is 0 Å². The number of hydrogen-bond donors (Lipinski definition) is 1. The van der Waals surface area contributed by atoms with Crippen LogP contribution in [0.25, 0.3) is 0 Å². The van der Waals surface area contributed by atoms with Crippen molar-refractivity contribution in [2.24, 2.45) is 0 Å². The Balaban J connectivity index is 1.58. The average Bonchev–Trinajstić information content (AvgIpc) is 2.75. The third-order valence-corrected chi connectivity index (χ3v) is 4.37. The van der Waals surface area contributed by atoms with Crippen molar-refractivity contribution < 1.29 is 4.79 Å². The minimum absolute atomic E-state index is 0.126. The van der Waals surface area contributed by atoms with E-state index in [1.807, 2.05) is 11.0 Å². The van der Waals surface area contributed by atoms with E-state index in [0.29, 0.717) is 24.0 Å². The molecule has 3 aromatic rings. The fourth-order valence-corrected chi connectivity index (χ4v) is 3.14. The predicted molar refractivity (Wildman–Crippen MR) is 97.0 cm³/mol. The summed E-state index contributed by atoms with van der Waals surface area (Å²) in [5, 5.41) is 3.04. The third-order valence-electron chi connectivity index (χ3n) is 4.37. The first-order chi connectivity index (χ1) is 13.3. The van der Waals surface area contributed by atoms with Crippen molar-refractivity contribution >= 4 is 17.7 Å². The van der Waals surface area contributed by atoms with Crippen LogP contribution in [0.2, 0.25) is 0 Å². The Morgan fingerprint density at radius 3 is 2.63 bits per heavy atom. The van der Waals surface area contributed by atoms with Gasteiger partial charge in [0.2, 0.25) is 5.95 Å². The zero-order valence-corrected chi connectivity index (χ0v) is 14.6. The SMILES string of the molecule is O=C(c1cnccn1)N1CCCC[C@@H]1c1ccnc(Nc2cnccn2)n1. The molecule has 0 aromatic carbocycles. The van der Waals surface area contributed by atoms with Crippen molar-refractivity contribution in [3.05, 3.63) is 60.8 Å². The number of nitrogens with zero attached hydrogens (tertiary/aromatic N) is 7. The number of hydrogen-bond acceptors (Lipinski definition) is 8. The third kappa shape index (κ3) is 3.86. The van der Waals surface area contributed by atoms with Gasteiger partial charge in [-0.15, -0.1) is 0 Å². The first-order valence-electron chi connectivity index (χ1n) is 8.74. The Labute approximate surface area is 156 Å². The first kappa shape index (κ1) is 17.0. The zero-order valence-electron chi connectivity index (χ0n) is 14.6. The number of amides is 1. The van der Waals surface area contributed by atoms with Gasteiger partial charge in [-0.25, -0.2) is 19.9 Å². The highest BCUT2D eigenvalue weighted by Gasteiger charge is 2.30. The lowest BCUT2D eigenvalue weighted by Crippen LogP contribution is -2.39. The molecule has 1 saturated heterocycles. The second-order valence-electron chi connectivity index (χ2n) is 6.12. The van der Waals surface area contributed by atoms with E-state index in [2.05, 4.69) is 35.2 Å². The van der Waals surface area contributed by atoms with Crippen LogP contribution >= 0.6 is 0 Å². The number of nitrogens with one attached hydrogen (secondary N) is 1. The van der Waals surface area contributed by atoms with Crippen molar-refractivity contribution in [1.29, 1.82) is 0 Å². The number of rotatable bonds is 4. The molecule has 0 bridgehead atoms. The number of piperidine rings is 1. The Bertz CT molecular complexity index is 906. The van der Waals surface area contributed by atoms with Crippen molar-refractivity contribution in [2.75, 3.05) is 11.9 Å². The van der Waals surface area contributed by atoms with Crippen LogP contribution in [0.1, 0.15) is 41.5 Å². The molecule has 1 aliphatic rings. The number of anilines is 2. The molecule has 4 rings (SSSR count). The summed E-state index contributed by atoms with van der Waals surface area (Å²) in [6.45, 7) is 0.664. The van der Waals surface area contributed by atoms with Crippen LogP contribution in [0.15, 0.2) is 49.4 Å². The van der Waals surface area contributed by atoms with Gasteiger partial charge >= 0.3 is 0 Å². The fraction of sp³-hybridized carbons (Fsp3) is 0.278. The van der Waals surface area contributed by atoms with Gasteiger partial charge in [-0.1, -0.05) is 0 Å². The lowest BCUT2D eigenvalue weighted by atomic mass is 9.98. The summed E-state index contributed by atoms with van der Waals surface area (Å²) in [5.41, 5.74) is 1.13. The highest BCUT2D eigenvalue weighted by Crippen LogP contribution is 2.31. The lowest BCUT2D eigenvalue weighted by molar-refractivity contribution is 0.0599. The predicted octanol–water partition coefficient (Wildman–Crippen LogP) is 2.17. The van der Waals surface area contributed by atoms with Gasteiger partial charge < -0.3 is 10.2 Å². The van der Waals surface area contributed by atoms with Crippen molar-refractivity contribution in [3.8, 4) is 0 Å². The number of carbonyl (C=O) groups excluding carboxylic acids is 1. The molecule has 9 heteroatoms. The summed E-state index contributed by atoms with van der Waals surface area (Å²) in [6.07, 6.45) is 13.9. The molecule has 1 fully saturated rings. The number of likely N-dealkylation sites (tertiary alicyclic amines) is 1. The largest absolute Gasteiger partial charge is 0.329 e. The Kier molecular flexibility index (Phi) is 4.91. The highest BCUT2D eigenvalue weighted by atomic mass is 16.2. The van der Waals surface area contributed by atoms with E-state index in [0.717, 1.165) is 25.0 Å². The molecule has 1 atom stereocenters. The minimum atomic E-state index is -0.130. The van der Waals surface area contributed by atoms with Gasteiger partial charge in [-0.2, -0.15) is 0 Å². The molecule has 1 aliphatic heterocycles. The normalized spacial score (nSPS) is 16.7. The number of aromatic nitrogens is 6. The van der Waals surface area contributed by atoms with Gasteiger partial charge in [-0.05, 0) is 25.3 Å². The molecule has 3 aromatic heterocycles. The van der Waals surface area contributed by atoms with E-state index in [9.17, 15) is 4.79 Å². The van der Waals surface area contributed by atoms with E-state index in [-0.39, 0.29) is 11.9 Å². The molecule has 27 heavy (non-hydrogen) atoms. The van der Waals surface area contributed by atoms with Crippen LogP contribution in [0.4, 0.5) is 11.8 Å². The maximum atomic E-state index is 12.9. The molecule has 0 saturated carbocycles. The van der Waals surface area contributed by atoms with E-state index in [4.69, 9.17) is 0 Å². The average molecular weight is 362 g/mol. The highest BCUT2D eigenvalue weighted by molar-refractivity contribution is 5.92. The first-order valence-corrected chi connectivity index (χ1v) is 8.74. The topological polar surface area (TPSA) is 110 Å². The monoisotopic (exact) mass is 362 g/mol. The van der Waals surface area contributed by atoms with Crippen LogP contribution in [0, 0.1) is 0 Å². The van der Waals surface area contributed by atoms with Gasteiger partial charge in [0, 0.05) is 37.5 Å². The summed E-state index contributed by atoms with van der Waals surface area (Å²) in [4.78, 5) is 39.9.